The third kappa shape index (κ3) is 3.13. The third-order valence-electron chi connectivity index (χ3n) is 3.08. The van der Waals surface area contributed by atoms with Gasteiger partial charge in [0.2, 0.25) is 0 Å². The molecule has 2 nitrogen and oxygen atoms in total. The van der Waals surface area contributed by atoms with Crippen LogP contribution in [0.3, 0.4) is 0 Å². The van der Waals surface area contributed by atoms with E-state index in [2.05, 4.69) is 23.7 Å². The highest BCUT2D eigenvalue weighted by atomic mass is 15.2. The van der Waals surface area contributed by atoms with Gasteiger partial charge in [-0.25, -0.2) is 0 Å². The number of nitrogens with zero attached hydrogens (tertiary/aromatic N) is 2. The molecule has 0 atom stereocenters. The lowest BCUT2D eigenvalue weighted by atomic mass is 10.0. The predicted molar refractivity (Wildman–Crippen MR) is 74.4 cm³/mol. The summed E-state index contributed by atoms with van der Waals surface area (Å²) < 4.78 is 0. The van der Waals surface area contributed by atoms with Gasteiger partial charge in [-0.2, -0.15) is 10.2 Å². The Morgan fingerprint density at radius 2 is 1.76 bits per heavy atom. The van der Waals surface area contributed by atoms with Crippen molar-refractivity contribution in [3.8, 4) is 0 Å². The van der Waals surface area contributed by atoms with Gasteiger partial charge in [0.1, 0.15) is 0 Å². The standard InChI is InChI=1S/C15H18N2/c1-11(14-7-5-4-6-8-14)12(2)16-17-13(3)15-9-10-15/h4-8,15H,1,9-10H2,2-3H3/b16-12-,17-13+. The Kier molecular flexibility index (Phi) is 3.52. The number of hydrogen-bond acceptors (Lipinski definition) is 2. The Labute approximate surface area is 103 Å². The Morgan fingerprint density at radius 1 is 1.12 bits per heavy atom. The van der Waals surface area contributed by atoms with E-state index in [1.807, 2.05) is 37.3 Å². The van der Waals surface area contributed by atoms with Crippen LogP contribution in [0.15, 0.2) is 47.1 Å². The number of hydrogen-bond donors (Lipinski definition) is 0. The molecule has 1 aliphatic carbocycles. The van der Waals surface area contributed by atoms with Crippen molar-refractivity contribution in [3.05, 3.63) is 42.5 Å². The highest BCUT2D eigenvalue weighted by molar-refractivity contribution is 6.22. The minimum Gasteiger partial charge on any atom is -0.160 e. The molecular formula is C15H18N2. The maximum Gasteiger partial charge on any atom is 0.0671 e. The van der Waals surface area contributed by atoms with Gasteiger partial charge in [0.15, 0.2) is 0 Å². The molecule has 0 aliphatic heterocycles. The van der Waals surface area contributed by atoms with Crippen LogP contribution in [-0.4, -0.2) is 11.4 Å². The molecule has 0 saturated heterocycles. The summed E-state index contributed by atoms with van der Waals surface area (Å²) in [7, 11) is 0. The van der Waals surface area contributed by atoms with E-state index in [1.54, 1.807) is 0 Å². The maximum absolute atomic E-state index is 4.28. The molecule has 17 heavy (non-hydrogen) atoms. The summed E-state index contributed by atoms with van der Waals surface area (Å²) in [5.74, 6) is 0.677. The Hall–Kier alpha value is -1.70. The number of benzene rings is 1. The van der Waals surface area contributed by atoms with Gasteiger partial charge in [-0.3, -0.25) is 0 Å². The van der Waals surface area contributed by atoms with E-state index in [0.717, 1.165) is 22.6 Å². The fourth-order valence-electron chi connectivity index (χ4n) is 1.65. The maximum atomic E-state index is 4.28. The smallest absolute Gasteiger partial charge is 0.0671 e. The van der Waals surface area contributed by atoms with E-state index < -0.39 is 0 Å². The average Bonchev–Trinajstić information content (AvgIpc) is 3.20. The number of rotatable bonds is 4. The fraction of sp³-hybridized carbons (Fsp3) is 0.333. The lowest BCUT2D eigenvalue weighted by molar-refractivity contribution is 1.11. The molecule has 0 unspecified atom stereocenters. The van der Waals surface area contributed by atoms with Gasteiger partial charge in [-0.1, -0.05) is 36.9 Å². The van der Waals surface area contributed by atoms with E-state index in [1.165, 1.54) is 12.8 Å². The minimum absolute atomic E-state index is 0.677. The van der Waals surface area contributed by atoms with Crippen LogP contribution in [0.25, 0.3) is 5.57 Å². The van der Waals surface area contributed by atoms with Crippen LogP contribution >= 0.6 is 0 Å². The first-order valence-corrected chi connectivity index (χ1v) is 6.02. The third-order valence-corrected chi connectivity index (χ3v) is 3.08. The van der Waals surface area contributed by atoms with Crippen molar-refractivity contribution in [1.82, 2.24) is 0 Å². The van der Waals surface area contributed by atoms with E-state index in [0.29, 0.717) is 5.92 Å². The Balaban J connectivity index is 2.09. The second kappa shape index (κ2) is 5.09. The molecule has 0 amide bonds. The van der Waals surface area contributed by atoms with Crippen molar-refractivity contribution >= 4 is 17.0 Å². The molecule has 1 aliphatic rings. The summed E-state index contributed by atoms with van der Waals surface area (Å²) in [4.78, 5) is 0. The molecule has 1 aromatic carbocycles. The molecule has 1 saturated carbocycles. The largest absolute Gasteiger partial charge is 0.160 e. The van der Waals surface area contributed by atoms with Crippen LogP contribution in [0.5, 0.6) is 0 Å². The normalized spacial score (nSPS) is 17.1. The Morgan fingerprint density at radius 3 is 2.35 bits per heavy atom. The second-order valence-corrected chi connectivity index (χ2v) is 4.55. The van der Waals surface area contributed by atoms with Crippen LogP contribution in [-0.2, 0) is 0 Å². The van der Waals surface area contributed by atoms with Gasteiger partial charge in [0.05, 0.1) is 5.71 Å². The van der Waals surface area contributed by atoms with Gasteiger partial charge >= 0.3 is 0 Å². The van der Waals surface area contributed by atoms with E-state index in [4.69, 9.17) is 0 Å². The summed E-state index contributed by atoms with van der Waals surface area (Å²) in [5.41, 5.74) is 4.08. The highest BCUT2D eigenvalue weighted by Crippen LogP contribution is 2.30. The van der Waals surface area contributed by atoms with Gasteiger partial charge in [0.25, 0.3) is 0 Å². The lowest BCUT2D eigenvalue weighted by Gasteiger charge is -2.03. The average molecular weight is 226 g/mol. The van der Waals surface area contributed by atoms with Crippen LogP contribution in [0, 0.1) is 5.92 Å². The SMILES string of the molecule is C=C(/C(C)=N\N=C(/C)C1CC1)c1ccccc1. The van der Waals surface area contributed by atoms with Crippen molar-refractivity contribution in [3.63, 3.8) is 0 Å². The summed E-state index contributed by atoms with van der Waals surface area (Å²) in [6, 6.07) is 10.1. The summed E-state index contributed by atoms with van der Waals surface area (Å²) in [6.45, 7) is 8.08. The van der Waals surface area contributed by atoms with Gasteiger partial charge in [-0.05, 0) is 43.7 Å². The molecule has 0 N–H and O–H groups in total. The van der Waals surface area contributed by atoms with Crippen LogP contribution in [0.1, 0.15) is 32.3 Å². The summed E-state index contributed by atoms with van der Waals surface area (Å²) in [6.07, 6.45) is 2.53. The monoisotopic (exact) mass is 226 g/mol. The molecule has 1 fully saturated rings. The zero-order chi connectivity index (χ0) is 12.3. The van der Waals surface area contributed by atoms with E-state index in [-0.39, 0.29) is 0 Å². The van der Waals surface area contributed by atoms with Gasteiger partial charge in [0, 0.05) is 5.71 Å². The predicted octanol–water partition coefficient (Wildman–Crippen LogP) is 3.95. The quantitative estimate of drug-likeness (QED) is 0.548. The summed E-state index contributed by atoms with van der Waals surface area (Å²) >= 11 is 0. The zero-order valence-corrected chi connectivity index (χ0v) is 10.5. The number of allylic oxidation sites excluding steroid dienone is 1. The summed E-state index contributed by atoms with van der Waals surface area (Å²) in [5, 5.41) is 8.54. The lowest BCUT2D eigenvalue weighted by Crippen LogP contribution is -1.97. The van der Waals surface area contributed by atoms with E-state index in [9.17, 15) is 0 Å². The van der Waals surface area contributed by atoms with Gasteiger partial charge < -0.3 is 0 Å². The first-order chi connectivity index (χ1) is 8.18. The molecule has 0 heterocycles. The minimum atomic E-state index is 0.677. The fourth-order valence-corrected chi connectivity index (χ4v) is 1.65. The van der Waals surface area contributed by atoms with Crippen LogP contribution in [0.2, 0.25) is 0 Å². The van der Waals surface area contributed by atoms with Crippen molar-refractivity contribution in [1.29, 1.82) is 0 Å². The molecule has 1 aromatic rings. The van der Waals surface area contributed by atoms with Crippen molar-refractivity contribution in [2.24, 2.45) is 16.1 Å². The van der Waals surface area contributed by atoms with Crippen LogP contribution in [0.4, 0.5) is 0 Å². The van der Waals surface area contributed by atoms with E-state index >= 15 is 0 Å². The van der Waals surface area contributed by atoms with Crippen LogP contribution < -0.4 is 0 Å². The molecule has 0 radical (unpaired) electrons. The second-order valence-electron chi connectivity index (χ2n) is 4.55. The van der Waals surface area contributed by atoms with Gasteiger partial charge in [-0.15, -0.1) is 0 Å². The molecular weight excluding hydrogens is 208 g/mol. The zero-order valence-electron chi connectivity index (χ0n) is 10.5. The first kappa shape index (κ1) is 11.8. The molecule has 2 heteroatoms. The highest BCUT2D eigenvalue weighted by Gasteiger charge is 2.24. The first-order valence-electron chi connectivity index (χ1n) is 6.02. The molecule has 2 rings (SSSR count). The van der Waals surface area contributed by atoms with Crippen molar-refractivity contribution < 1.29 is 0 Å². The molecule has 0 aromatic heterocycles. The Bertz CT molecular complexity index is 465. The van der Waals surface area contributed by atoms with Crippen molar-refractivity contribution in [2.75, 3.05) is 0 Å². The topological polar surface area (TPSA) is 24.7 Å². The molecule has 88 valence electrons. The molecule has 0 spiro atoms. The molecule has 0 bridgehead atoms. The van der Waals surface area contributed by atoms with Crippen molar-refractivity contribution in [2.45, 2.75) is 26.7 Å².